The second-order valence-corrected chi connectivity index (χ2v) is 5.50. The van der Waals surface area contributed by atoms with E-state index < -0.39 is 0 Å². The van der Waals surface area contributed by atoms with E-state index in [1.807, 2.05) is 42.5 Å². The highest BCUT2D eigenvalue weighted by Gasteiger charge is 2.10. The lowest BCUT2D eigenvalue weighted by molar-refractivity contribution is 0.102. The highest BCUT2D eigenvalue weighted by atomic mass is 16.5. The first-order valence-corrected chi connectivity index (χ1v) is 7.61. The third-order valence-corrected chi connectivity index (χ3v) is 3.97. The van der Waals surface area contributed by atoms with Gasteiger partial charge in [0.25, 0.3) is 5.91 Å². The van der Waals surface area contributed by atoms with Gasteiger partial charge in [-0.1, -0.05) is 24.3 Å². The Hall–Kier alpha value is -3.27. The van der Waals surface area contributed by atoms with Gasteiger partial charge in [0, 0.05) is 28.1 Å². The predicted octanol–water partition coefficient (Wildman–Crippen LogP) is 4.85. The summed E-state index contributed by atoms with van der Waals surface area (Å²) >= 11 is 0. The molecule has 4 rings (SSSR count). The number of rotatable bonds is 3. The molecule has 0 unspecified atom stereocenters. The average Bonchev–Trinajstić information content (AvgIpc) is 2.99. The summed E-state index contributed by atoms with van der Waals surface area (Å²) in [6.45, 7) is 0. The van der Waals surface area contributed by atoms with Crippen LogP contribution in [0.1, 0.15) is 10.4 Å². The number of carbonyl (C=O) groups is 1. The van der Waals surface area contributed by atoms with Crippen molar-refractivity contribution >= 4 is 33.5 Å². The van der Waals surface area contributed by atoms with Crippen LogP contribution in [0.15, 0.2) is 71.1 Å². The molecular weight excluding hydrogens is 302 g/mol. The van der Waals surface area contributed by atoms with E-state index in [4.69, 9.17) is 9.15 Å². The van der Waals surface area contributed by atoms with Crippen LogP contribution < -0.4 is 10.1 Å². The van der Waals surface area contributed by atoms with Crippen LogP contribution in [0.5, 0.6) is 5.75 Å². The molecule has 0 spiro atoms. The van der Waals surface area contributed by atoms with Crippen molar-refractivity contribution in [1.29, 1.82) is 0 Å². The van der Waals surface area contributed by atoms with Crippen LogP contribution in [0.4, 0.5) is 5.69 Å². The number of methoxy groups -OCH3 is 1. The third-order valence-electron chi connectivity index (χ3n) is 3.97. The van der Waals surface area contributed by atoms with Gasteiger partial charge in [0.05, 0.1) is 7.11 Å². The van der Waals surface area contributed by atoms with Crippen LogP contribution in [0.2, 0.25) is 0 Å². The lowest BCUT2D eigenvalue weighted by atomic mass is 10.1. The fraction of sp³-hybridized carbons (Fsp3) is 0.0500. The molecule has 4 nitrogen and oxygen atoms in total. The van der Waals surface area contributed by atoms with E-state index in [0.717, 1.165) is 21.9 Å². The highest BCUT2D eigenvalue weighted by molar-refractivity contribution is 6.08. The summed E-state index contributed by atoms with van der Waals surface area (Å²) in [4.78, 5) is 12.4. The van der Waals surface area contributed by atoms with Crippen LogP contribution in [0.25, 0.3) is 21.9 Å². The Morgan fingerprint density at radius 1 is 0.917 bits per heavy atom. The SMILES string of the molecule is COc1cccc(C(=O)Nc2ccc3c(c2)oc2ccccc23)c1. The summed E-state index contributed by atoms with van der Waals surface area (Å²) in [5.74, 6) is 0.458. The van der Waals surface area contributed by atoms with Gasteiger partial charge < -0.3 is 14.5 Å². The topological polar surface area (TPSA) is 51.5 Å². The summed E-state index contributed by atoms with van der Waals surface area (Å²) < 4.78 is 11.0. The number of fused-ring (bicyclic) bond motifs is 3. The maximum atomic E-state index is 12.4. The minimum absolute atomic E-state index is 0.190. The fourth-order valence-electron chi connectivity index (χ4n) is 2.77. The molecule has 0 aliphatic carbocycles. The van der Waals surface area contributed by atoms with E-state index in [9.17, 15) is 4.79 Å². The number of ether oxygens (including phenoxy) is 1. The number of furan rings is 1. The molecule has 3 aromatic carbocycles. The normalized spacial score (nSPS) is 10.9. The van der Waals surface area contributed by atoms with Gasteiger partial charge >= 0.3 is 0 Å². The van der Waals surface area contributed by atoms with Gasteiger partial charge in [0.15, 0.2) is 0 Å². The summed E-state index contributed by atoms with van der Waals surface area (Å²) in [7, 11) is 1.58. The molecule has 0 saturated heterocycles. The smallest absolute Gasteiger partial charge is 0.255 e. The number of nitrogens with one attached hydrogen (secondary N) is 1. The van der Waals surface area contributed by atoms with Gasteiger partial charge in [-0.25, -0.2) is 0 Å². The molecule has 0 fully saturated rings. The zero-order valence-electron chi connectivity index (χ0n) is 13.1. The Kier molecular flexibility index (Phi) is 3.43. The molecule has 1 heterocycles. The number of para-hydroxylation sites is 1. The molecule has 0 aliphatic rings. The van der Waals surface area contributed by atoms with Crippen molar-refractivity contribution in [2.24, 2.45) is 0 Å². The van der Waals surface area contributed by atoms with E-state index in [1.54, 1.807) is 31.4 Å². The lowest BCUT2D eigenvalue weighted by Crippen LogP contribution is -2.11. The molecule has 4 heteroatoms. The first-order valence-electron chi connectivity index (χ1n) is 7.61. The summed E-state index contributed by atoms with van der Waals surface area (Å²) in [6.07, 6.45) is 0. The van der Waals surface area contributed by atoms with Gasteiger partial charge in [0.1, 0.15) is 16.9 Å². The quantitative estimate of drug-likeness (QED) is 0.588. The number of amides is 1. The molecule has 0 radical (unpaired) electrons. The van der Waals surface area contributed by atoms with Crippen LogP contribution in [0.3, 0.4) is 0 Å². The monoisotopic (exact) mass is 317 g/mol. The molecule has 0 atom stereocenters. The van der Waals surface area contributed by atoms with Gasteiger partial charge in [-0.3, -0.25) is 4.79 Å². The fourth-order valence-corrected chi connectivity index (χ4v) is 2.77. The number of hydrogen-bond donors (Lipinski definition) is 1. The molecule has 4 aromatic rings. The molecule has 1 aromatic heterocycles. The van der Waals surface area contributed by atoms with Crippen molar-refractivity contribution in [1.82, 2.24) is 0 Å². The molecule has 0 bridgehead atoms. The lowest BCUT2D eigenvalue weighted by Gasteiger charge is -2.06. The van der Waals surface area contributed by atoms with Crippen LogP contribution in [0, 0.1) is 0 Å². The Labute approximate surface area is 138 Å². The van der Waals surface area contributed by atoms with Gasteiger partial charge in [-0.2, -0.15) is 0 Å². The molecular formula is C20H15NO3. The second-order valence-electron chi connectivity index (χ2n) is 5.50. The van der Waals surface area contributed by atoms with Crippen molar-refractivity contribution in [3.05, 3.63) is 72.3 Å². The maximum absolute atomic E-state index is 12.4. The summed E-state index contributed by atoms with van der Waals surface area (Å²) in [5.41, 5.74) is 2.82. The standard InChI is InChI=1S/C20H15NO3/c1-23-15-6-4-5-13(11-15)20(22)21-14-9-10-17-16-7-2-3-8-18(16)24-19(17)12-14/h2-12H,1H3,(H,21,22). The van der Waals surface area contributed by atoms with E-state index in [1.165, 1.54) is 0 Å². The number of hydrogen-bond acceptors (Lipinski definition) is 3. The van der Waals surface area contributed by atoms with E-state index >= 15 is 0 Å². The van der Waals surface area contributed by atoms with Crippen LogP contribution in [-0.4, -0.2) is 13.0 Å². The first-order chi connectivity index (χ1) is 11.7. The van der Waals surface area contributed by atoms with Crippen LogP contribution in [-0.2, 0) is 0 Å². The Bertz CT molecular complexity index is 1050. The minimum atomic E-state index is -0.190. The molecule has 0 saturated carbocycles. The van der Waals surface area contributed by atoms with Gasteiger partial charge in [-0.15, -0.1) is 0 Å². The van der Waals surface area contributed by atoms with Crippen molar-refractivity contribution in [2.75, 3.05) is 12.4 Å². The molecule has 0 aliphatic heterocycles. The largest absolute Gasteiger partial charge is 0.497 e. The Morgan fingerprint density at radius 2 is 1.75 bits per heavy atom. The zero-order valence-corrected chi connectivity index (χ0v) is 13.1. The van der Waals surface area contributed by atoms with E-state index in [-0.39, 0.29) is 5.91 Å². The van der Waals surface area contributed by atoms with Crippen molar-refractivity contribution in [3.63, 3.8) is 0 Å². The average molecular weight is 317 g/mol. The number of benzene rings is 3. The van der Waals surface area contributed by atoms with Crippen LogP contribution >= 0.6 is 0 Å². The summed E-state index contributed by atoms with van der Waals surface area (Å²) in [6, 6.07) is 20.6. The zero-order chi connectivity index (χ0) is 16.5. The number of carbonyl (C=O) groups excluding carboxylic acids is 1. The van der Waals surface area contributed by atoms with Crippen molar-refractivity contribution < 1.29 is 13.9 Å². The number of anilines is 1. The molecule has 24 heavy (non-hydrogen) atoms. The van der Waals surface area contributed by atoms with Crippen molar-refractivity contribution in [3.8, 4) is 5.75 Å². The van der Waals surface area contributed by atoms with Gasteiger partial charge in [-0.05, 0) is 36.4 Å². The minimum Gasteiger partial charge on any atom is -0.497 e. The second kappa shape index (κ2) is 5.74. The highest BCUT2D eigenvalue weighted by Crippen LogP contribution is 2.30. The van der Waals surface area contributed by atoms with Gasteiger partial charge in [0.2, 0.25) is 0 Å². The maximum Gasteiger partial charge on any atom is 0.255 e. The molecule has 1 N–H and O–H groups in total. The molecule has 1 amide bonds. The molecule has 118 valence electrons. The third kappa shape index (κ3) is 2.48. The first kappa shape index (κ1) is 14.3. The van der Waals surface area contributed by atoms with E-state index in [2.05, 4.69) is 5.32 Å². The Balaban J connectivity index is 1.66. The van der Waals surface area contributed by atoms with Crippen molar-refractivity contribution in [2.45, 2.75) is 0 Å². The summed E-state index contributed by atoms with van der Waals surface area (Å²) in [5, 5.41) is 4.99. The van der Waals surface area contributed by atoms with E-state index in [0.29, 0.717) is 17.0 Å². The predicted molar refractivity (Wildman–Crippen MR) is 94.7 cm³/mol. The Morgan fingerprint density at radius 3 is 2.62 bits per heavy atom.